The first-order valence-corrected chi connectivity index (χ1v) is 9.69. The molecule has 0 spiro atoms. The van der Waals surface area contributed by atoms with Crippen LogP contribution in [0.25, 0.3) is 0 Å². The van der Waals surface area contributed by atoms with Crippen LogP contribution in [0.15, 0.2) is 29.2 Å². The number of carbonyl (C=O) groups is 1. The molecule has 1 fully saturated rings. The molecular formula is C17H26N2O3S. The molecule has 0 atom stereocenters. The van der Waals surface area contributed by atoms with Gasteiger partial charge < -0.3 is 4.90 Å². The second-order valence-electron chi connectivity index (χ2n) is 6.15. The topological polar surface area (TPSA) is 57.7 Å². The molecule has 5 nitrogen and oxygen atoms in total. The third kappa shape index (κ3) is 3.75. The third-order valence-electron chi connectivity index (χ3n) is 4.18. The molecule has 1 aliphatic rings. The van der Waals surface area contributed by atoms with Crippen molar-refractivity contribution in [3.8, 4) is 0 Å². The normalized spacial score (nSPS) is 15.2. The van der Waals surface area contributed by atoms with Gasteiger partial charge in [0.05, 0.1) is 4.90 Å². The summed E-state index contributed by atoms with van der Waals surface area (Å²) in [5, 5.41) is 0. The van der Waals surface area contributed by atoms with E-state index in [2.05, 4.69) is 0 Å². The Balaban J connectivity index is 2.24. The zero-order chi connectivity index (χ0) is 17.2. The van der Waals surface area contributed by atoms with Crippen LogP contribution in [-0.4, -0.2) is 48.7 Å². The summed E-state index contributed by atoms with van der Waals surface area (Å²) in [6.07, 6.45) is 2.11. The minimum Gasteiger partial charge on any atom is -0.333 e. The average molecular weight is 338 g/mol. The molecule has 0 unspecified atom stereocenters. The molecule has 2 rings (SSSR count). The van der Waals surface area contributed by atoms with Crippen molar-refractivity contribution in [1.82, 2.24) is 9.21 Å². The molecule has 0 radical (unpaired) electrons. The lowest BCUT2D eigenvalue weighted by Crippen LogP contribution is -2.38. The van der Waals surface area contributed by atoms with Gasteiger partial charge in [0.1, 0.15) is 0 Å². The third-order valence-corrected chi connectivity index (χ3v) is 6.24. The number of hydrogen-bond donors (Lipinski definition) is 0. The highest BCUT2D eigenvalue weighted by atomic mass is 32.2. The number of nitrogens with zero attached hydrogens (tertiary/aromatic N) is 2. The molecule has 1 aromatic carbocycles. The Morgan fingerprint density at radius 2 is 1.65 bits per heavy atom. The Bertz CT molecular complexity index is 643. The van der Waals surface area contributed by atoms with Gasteiger partial charge in [-0.2, -0.15) is 4.31 Å². The summed E-state index contributed by atoms with van der Waals surface area (Å²) in [5.74, 6) is -0.0192. The van der Waals surface area contributed by atoms with Crippen LogP contribution in [0.4, 0.5) is 0 Å². The maximum atomic E-state index is 12.6. The van der Waals surface area contributed by atoms with Crippen molar-refractivity contribution >= 4 is 15.9 Å². The molecule has 1 aromatic rings. The van der Waals surface area contributed by atoms with Crippen LogP contribution in [-0.2, 0) is 10.0 Å². The fourth-order valence-corrected chi connectivity index (χ4v) is 4.26. The lowest BCUT2D eigenvalue weighted by molar-refractivity contribution is 0.0690. The largest absolute Gasteiger partial charge is 0.333 e. The molecule has 0 N–H and O–H groups in total. The zero-order valence-electron chi connectivity index (χ0n) is 14.3. The van der Waals surface area contributed by atoms with E-state index in [9.17, 15) is 13.2 Å². The molecule has 0 aliphatic heterocycles. The van der Waals surface area contributed by atoms with E-state index in [-0.39, 0.29) is 16.8 Å². The van der Waals surface area contributed by atoms with Crippen LogP contribution >= 0.6 is 0 Å². The summed E-state index contributed by atoms with van der Waals surface area (Å²) in [6, 6.07) is 6.79. The van der Waals surface area contributed by atoms with Crippen molar-refractivity contribution in [3.05, 3.63) is 29.8 Å². The van der Waals surface area contributed by atoms with Crippen LogP contribution < -0.4 is 0 Å². The van der Waals surface area contributed by atoms with Crippen molar-refractivity contribution in [2.45, 2.75) is 57.5 Å². The Morgan fingerprint density at radius 1 is 1.13 bits per heavy atom. The van der Waals surface area contributed by atoms with Gasteiger partial charge in [0.25, 0.3) is 5.91 Å². The molecule has 0 heterocycles. The van der Waals surface area contributed by atoms with Crippen molar-refractivity contribution < 1.29 is 13.2 Å². The van der Waals surface area contributed by atoms with Crippen LogP contribution in [0.1, 0.15) is 50.9 Å². The number of benzene rings is 1. The van der Waals surface area contributed by atoms with Gasteiger partial charge in [-0.3, -0.25) is 4.79 Å². The van der Waals surface area contributed by atoms with Gasteiger partial charge in [-0.25, -0.2) is 8.42 Å². The van der Waals surface area contributed by atoms with E-state index in [1.807, 2.05) is 32.6 Å². The molecule has 0 aromatic heterocycles. The van der Waals surface area contributed by atoms with Gasteiger partial charge >= 0.3 is 0 Å². The minimum absolute atomic E-state index is 0.0192. The number of sulfonamides is 1. The van der Waals surface area contributed by atoms with E-state index in [0.717, 1.165) is 12.8 Å². The van der Waals surface area contributed by atoms with Gasteiger partial charge in [0, 0.05) is 30.7 Å². The molecule has 1 saturated carbocycles. The SMILES string of the molecule is CCN(CC)S(=O)(=O)c1ccc(C(=O)N(C(C)C)C2CC2)cc1. The highest BCUT2D eigenvalue weighted by Crippen LogP contribution is 2.30. The summed E-state index contributed by atoms with van der Waals surface area (Å²) in [4.78, 5) is 14.8. The predicted octanol–water partition coefficient (Wildman–Crippen LogP) is 2.73. The number of carbonyl (C=O) groups excluding carboxylic acids is 1. The summed E-state index contributed by atoms with van der Waals surface area (Å²) < 4.78 is 26.3. The number of hydrogen-bond acceptors (Lipinski definition) is 3. The van der Waals surface area contributed by atoms with Crippen molar-refractivity contribution in [3.63, 3.8) is 0 Å². The van der Waals surface area contributed by atoms with Crippen LogP contribution in [0.5, 0.6) is 0 Å². The van der Waals surface area contributed by atoms with E-state index < -0.39 is 10.0 Å². The molecule has 6 heteroatoms. The van der Waals surface area contributed by atoms with E-state index in [1.54, 1.807) is 12.1 Å². The summed E-state index contributed by atoms with van der Waals surface area (Å²) in [7, 11) is -3.48. The van der Waals surface area contributed by atoms with Crippen LogP contribution in [0, 0.1) is 0 Å². The standard InChI is InChI=1S/C17H26N2O3S/c1-5-18(6-2)23(21,22)16-11-7-14(8-12-16)17(20)19(13(3)4)15-9-10-15/h7-8,11-13,15H,5-6,9-10H2,1-4H3. The van der Waals surface area contributed by atoms with Crippen molar-refractivity contribution in [2.75, 3.05) is 13.1 Å². The lowest BCUT2D eigenvalue weighted by Gasteiger charge is -2.27. The molecule has 23 heavy (non-hydrogen) atoms. The van der Waals surface area contributed by atoms with E-state index >= 15 is 0 Å². The van der Waals surface area contributed by atoms with Crippen LogP contribution in [0.2, 0.25) is 0 Å². The second-order valence-corrected chi connectivity index (χ2v) is 8.09. The smallest absolute Gasteiger partial charge is 0.254 e. The van der Waals surface area contributed by atoms with Gasteiger partial charge in [0.2, 0.25) is 10.0 Å². The maximum Gasteiger partial charge on any atom is 0.254 e. The monoisotopic (exact) mass is 338 g/mol. The highest BCUT2D eigenvalue weighted by molar-refractivity contribution is 7.89. The number of amides is 1. The predicted molar refractivity (Wildman–Crippen MR) is 90.9 cm³/mol. The van der Waals surface area contributed by atoms with Gasteiger partial charge in [-0.15, -0.1) is 0 Å². The molecular weight excluding hydrogens is 312 g/mol. The summed E-state index contributed by atoms with van der Waals surface area (Å²) >= 11 is 0. The molecule has 1 aliphatic carbocycles. The lowest BCUT2D eigenvalue weighted by atomic mass is 10.1. The first-order chi connectivity index (χ1) is 10.8. The molecule has 0 saturated heterocycles. The highest BCUT2D eigenvalue weighted by Gasteiger charge is 2.34. The fraction of sp³-hybridized carbons (Fsp3) is 0.588. The van der Waals surface area contributed by atoms with Crippen molar-refractivity contribution in [2.24, 2.45) is 0 Å². The second kappa shape index (κ2) is 7.01. The Morgan fingerprint density at radius 3 is 2.04 bits per heavy atom. The molecule has 0 bridgehead atoms. The summed E-state index contributed by atoms with van der Waals surface area (Å²) in [6.45, 7) is 8.51. The first kappa shape index (κ1) is 17.9. The zero-order valence-corrected chi connectivity index (χ0v) is 15.1. The number of rotatable bonds is 7. The Hall–Kier alpha value is -1.40. The van der Waals surface area contributed by atoms with Crippen LogP contribution in [0.3, 0.4) is 0 Å². The quantitative estimate of drug-likeness (QED) is 0.768. The van der Waals surface area contributed by atoms with Gasteiger partial charge in [0.15, 0.2) is 0 Å². The Kier molecular flexibility index (Phi) is 5.47. The van der Waals surface area contributed by atoms with Gasteiger partial charge in [-0.05, 0) is 51.0 Å². The molecule has 128 valence electrons. The average Bonchev–Trinajstić information content (AvgIpc) is 3.32. The van der Waals surface area contributed by atoms with E-state index in [0.29, 0.717) is 24.7 Å². The fourth-order valence-electron chi connectivity index (χ4n) is 2.81. The molecule has 1 amide bonds. The van der Waals surface area contributed by atoms with E-state index in [1.165, 1.54) is 16.4 Å². The Labute approximate surface area is 139 Å². The first-order valence-electron chi connectivity index (χ1n) is 8.25. The van der Waals surface area contributed by atoms with E-state index in [4.69, 9.17) is 0 Å². The summed E-state index contributed by atoms with van der Waals surface area (Å²) in [5.41, 5.74) is 0.545. The van der Waals surface area contributed by atoms with Crippen molar-refractivity contribution in [1.29, 1.82) is 0 Å². The van der Waals surface area contributed by atoms with Gasteiger partial charge in [-0.1, -0.05) is 13.8 Å². The minimum atomic E-state index is -3.48. The maximum absolute atomic E-state index is 12.6.